The lowest BCUT2D eigenvalue weighted by Crippen LogP contribution is -2.51. The summed E-state index contributed by atoms with van der Waals surface area (Å²) >= 11 is 0. The molecule has 3 saturated carbocycles. The average molecular weight is 577 g/mol. The van der Waals surface area contributed by atoms with E-state index < -0.39 is 0 Å². The molecule has 9 atom stereocenters. The molecule has 42 heavy (non-hydrogen) atoms. The molecule has 0 radical (unpaired) electrons. The van der Waals surface area contributed by atoms with E-state index in [1.807, 2.05) is 0 Å². The molecule has 0 heterocycles. The molecule has 3 fully saturated rings. The van der Waals surface area contributed by atoms with Crippen LogP contribution in [0.2, 0.25) is 0 Å². The minimum atomic E-state index is -0.344. The van der Waals surface area contributed by atoms with Gasteiger partial charge in [0.05, 0.1) is 0 Å². The van der Waals surface area contributed by atoms with Gasteiger partial charge >= 0.3 is 5.97 Å². The zero-order valence-corrected chi connectivity index (χ0v) is 27.1. The number of hydrogen-bond acceptors (Lipinski definition) is 4. The van der Waals surface area contributed by atoms with Gasteiger partial charge in [0.15, 0.2) is 11.5 Å². The van der Waals surface area contributed by atoms with E-state index in [1.54, 1.807) is 12.1 Å². The van der Waals surface area contributed by atoms with Crippen LogP contribution in [0.15, 0.2) is 35.9 Å². The Balaban J connectivity index is 1.21. The molecule has 4 nitrogen and oxygen atoms in total. The summed E-state index contributed by atoms with van der Waals surface area (Å²) in [5, 5.41) is 19.2. The molecule has 0 bridgehead atoms. The molecule has 2 N–H and O–H groups in total. The Morgan fingerprint density at radius 1 is 1.02 bits per heavy atom. The lowest BCUT2D eigenvalue weighted by atomic mass is 9.47. The maximum atomic E-state index is 12.6. The van der Waals surface area contributed by atoms with Crippen molar-refractivity contribution in [1.29, 1.82) is 0 Å². The van der Waals surface area contributed by atoms with Crippen LogP contribution in [0.1, 0.15) is 118 Å². The predicted molar refractivity (Wildman–Crippen MR) is 171 cm³/mol. The maximum absolute atomic E-state index is 12.6. The van der Waals surface area contributed by atoms with Gasteiger partial charge in [-0.1, -0.05) is 72.1 Å². The highest BCUT2D eigenvalue weighted by atomic mass is 16.5. The SMILES string of the molecule is CCC(CCC(C)C1CCC2C3CC=C4CC(OC(=O)/C=C/c5ccc(O)c(O)c5)CCC4(C)C3CCC12C)C(C)C. The molecule has 9 unspecified atom stereocenters. The van der Waals surface area contributed by atoms with Crippen molar-refractivity contribution in [2.75, 3.05) is 0 Å². The van der Waals surface area contributed by atoms with Crippen molar-refractivity contribution in [2.24, 2.45) is 52.3 Å². The molecular formula is C38H56O4. The van der Waals surface area contributed by atoms with Crippen LogP contribution in [0.4, 0.5) is 0 Å². The van der Waals surface area contributed by atoms with Crippen LogP contribution in [0, 0.1) is 52.3 Å². The zero-order valence-electron chi connectivity index (χ0n) is 27.1. The van der Waals surface area contributed by atoms with Crippen molar-refractivity contribution >= 4 is 12.0 Å². The molecule has 0 spiro atoms. The Hall–Kier alpha value is -2.23. The number of carbonyl (C=O) groups excluding carboxylic acids is 1. The van der Waals surface area contributed by atoms with E-state index in [2.05, 4.69) is 47.6 Å². The number of fused-ring (bicyclic) bond motifs is 5. The fraction of sp³-hybridized carbons (Fsp3) is 0.711. The Morgan fingerprint density at radius 3 is 2.52 bits per heavy atom. The average Bonchev–Trinajstić information content (AvgIpc) is 3.31. The third-order valence-electron chi connectivity index (χ3n) is 13.0. The lowest BCUT2D eigenvalue weighted by molar-refractivity contribution is -0.145. The van der Waals surface area contributed by atoms with Gasteiger partial charge in [0.2, 0.25) is 0 Å². The summed E-state index contributed by atoms with van der Waals surface area (Å²) in [5.41, 5.74) is 2.91. The molecule has 4 aliphatic rings. The number of esters is 1. The third kappa shape index (κ3) is 5.93. The van der Waals surface area contributed by atoms with Crippen molar-refractivity contribution in [3.8, 4) is 11.5 Å². The fourth-order valence-electron chi connectivity index (χ4n) is 10.4. The van der Waals surface area contributed by atoms with Crippen LogP contribution in [-0.4, -0.2) is 22.3 Å². The first kappa shape index (κ1) is 31.2. The summed E-state index contributed by atoms with van der Waals surface area (Å²) < 4.78 is 5.91. The second kappa shape index (κ2) is 12.4. The van der Waals surface area contributed by atoms with Crippen molar-refractivity contribution in [3.05, 3.63) is 41.5 Å². The summed E-state index contributed by atoms with van der Waals surface area (Å²) in [7, 11) is 0. The summed E-state index contributed by atoms with van der Waals surface area (Å²) in [4.78, 5) is 12.6. The minimum Gasteiger partial charge on any atom is -0.504 e. The monoisotopic (exact) mass is 576 g/mol. The molecule has 4 aliphatic carbocycles. The first-order valence-corrected chi connectivity index (χ1v) is 17.1. The van der Waals surface area contributed by atoms with Gasteiger partial charge in [-0.05, 0) is 127 Å². The largest absolute Gasteiger partial charge is 0.504 e. The molecular weight excluding hydrogens is 520 g/mol. The number of carbonyl (C=O) groups is 1. The Kier molecular flexibility index (Phi) is 9.22. The normalized spacial score (nSPS) is 35.7. The van der Waals surface area contributed by atoms with E-state index in [0.717, 1.165) is 60.7 Å². The van der Waals surface area contributed by atoms with E-state index in [4.69, 9.17) is 4.74 Å². The number of ether oxygens (including phenoxy) is 1. The quantitative estimate of drug-likeness (QED) is 0.133. The topological polar surface area (TPSA) is 66.8 Å². The predicted octanol–water partition coefficient (Wildman–Crippen LogP) is 9.70. The highest BCUT2D eigenvalue weighted by Crippen LogP contribution is 2.67. The van der Waals surface area contributed by atoms with Gasteiger partial charge in [0.25, 0.3) is 0 Å². The van der Waals surface area contributed by atoms with Crippen LogP contribution in [0.5, 0.6) is 11.5 Å². The van der Waals surface area contributed by atoms with Crippen molar-refractivity contribution < 1.29 is 19.7 Å². The molecule has 0 aromatic heterocycles. The van der Waals surface area contributed by atoms with E-state index in [-0.39, 0.29) is 29.0 Å². The number of benzene rings is 1. The highest BCUT2D eigenvalue weighted by Gasteiger charge is 2.59. The summed E-state index contributed by atoms with van der Waals surface area (Å²) in [6, 6.07) is 4.51. The lowest BCUT2D eigenvalue weighted by Gasteiger charge is -2.58. The van der Waals surface area contributed by atoms with E-state index in [9.17, 15) is 15.0 Å². The van der Waals surface area contributed by atoms with Gasteiger partial charge in [-0.15, -0.1) is 0 Å². The number of allylic oxidation sites excluding steroid dienone is 1. The van der Waals surface area contributed by atoms with Crippen LogP contribution in [0.25, 0.3) is 6.08 Å². The molecule has 1 aromatic carbocycles. The highest BCUT2D eigenvalue weighted by molar-refractivity contribution is 5.87. The Morgan fingerprint density at radius 2 is 1.81 bits per heavy atom. The van der Waals surface area contributed by atoms with Crippen LogP contribution < -0.4 is 0 Å². The minimum absolute atomic E-state index is 0.0744. The fourth-order valence-corrected chi connectivity index (χ4v) is 10.4. The molecule has 1 aromatic rings. The molecule has 4 heteroatoms. The number of rotatable bonds is 9. The van der Waals surface area contributed by atoms with Gasteiger partial charge in [0.1, 0.15) is 6.10 Å². The number of aromatic hydroxyl groups is 2. The van der Waals surface area contributed by atoms with Gasteiger partial charge in [-0.3, -0.25) is 0 Å². The summed E-state index contributed by atoms with van der Waals surface area (Å²) in [6.07, 6.45) is 19.3. The van der Waals surface area contributed by atoms with Crippen molar-refractivity contribution in [2.45, 2.75) is 118 Å². The van der Waals surface area contributed by atoms with Crippen LogP contribution in [0.3, 0.4) is 0 Å². The van der Waals surface area contributed by atoms with E-state index in [1.165, 1.54) is 75.1 Å². The molecule has 232 valence electrons. The molecule has 0 amide bonds. The van der Waals surface area contributed by atoms with Crippen LogP contribution in [-0.2, 0) is 9.53 Å². The second-order valence-corrected chi connectivity index (χ2v) is 15.3. The Bertz CT molecular complexity index is 1180. The smallest absolute Gasteiger partial charge is 0.331 e. The second-order valence-electron chi connectivity index (χ2n) is 15.3. The van der Waals surface area contributed by atoms with E-state index >= 15 is 0 Å². The van der Waals surface area contributed by atoms with Gasteiger partial charge in [0, 0.05) is 12.5 Å². The number of hydrogen-bond donors (Lipinski definition) is 2. The number of phenols is 2. The van der Waals surface area contributed by atoms with Crippen molar-refractivity contribution in [3.63, 3.8) is 0 Å². The first-order chi connectivity index (χ1) is 20.0. The molecule has 0 saturated heterocycles. The first-order valence-electron chi connectivity index (χ1n) is 17.1. The third-order valence-corrected chi connectivity index (χ3v) is 13.0. The zero-order chi connectivity index (χ0) is 30.2. The van der Waals surface area contributed by atoms with Gasteiger partial charge < -0.3 is 14.9 Å². The van der Waals surface area contributed by atoms with Crippen molar-refractivity contribution in [1.82, 2.24) is 0 Å². The standard InChI is InChI=1S/C38H56O4/c1-7-27(24(2)3)11-8-25(4)31-14-15-32-30-13-12-28-23-29(18-20-37(28,5)33(30)19-21-38(31,32)6)42-36(41)17-10-26-9-16-34(39)35(40)22-26/h9-10,12,16-17,22,24-25,27,29-33,39-40H,7-8,11,13-15,18-21,23H2,1-6H3/b17-10+. The summed E-state index contributed by atoms with van der Waals surface area (Å²) in [5.74, 6) is 5.07. The van der Waals surface area contributed by atoms with Crippen LogP contribution >= 0.6 is 0 Å². The number of phenolic OH excluding ortho intramolecular Hbond substituents is 2. The summed E-state index contributed by atoms with van der Waals surface area (Å²) in [6.45, 7) is 15.0. The maximum Gasteiger partial charge on any atom is 0.331 e. The van der Waals surface area contributed by atoms with Gasteiger partial charge in [-0.25, -0.2) is 4.79 Å². The van der Waals surface area contributed by atoms with Gasteiger partial charge in [-0.2, -0.15) is 0 Å². The Labute approximate surface area is 255 Å². The molecule has 5 rings (SSSR count). The molecule has 0 aliphatic heterocycles. The van der Waals surface area contributed by atoms with E-state index in [0.29, 0.717) is 11.0 Å².